The van der Waals surface area contributed by atoms with E-state index in [1.165, 1.54) is 0 Å². The smallest absolute Gasteiger partial charge is 0.135 e. The van der Waals surface area contributed by atoms with Gasteiger partial charge in [0, 0.05) is 24.9 Å². The lowest BCUT2D eigenvalue weighted by molar-refractivity contribution is -0.107. The molecule has 0 atom stereocenters. The van der Waals surface area contributed by atoms with Crippen LogP contribution >= 0.6 is 0 Å². The SMILES string of the molecule is O=CCCc1cnc2n1CCOC2. The van der Waals surface area contributed by atoms with E-state index < -0.39 is 0 Å². The summed E-state index contributed by atoms with van der Waals surface area (Å²) in [6.07, 6.45) is 4.15. The maximum atomic E-state index is 10.2. The van der Waals surface area contributed by atoms with Crippen molar-refractivity contribution in [2.45, 2.75) is 26.0 Å². The summed E-state index contributed by atoms with van der Waals surface area (Å²) in [6.45, 7) is 2.21. The zero-order chi connectivity index (χ0) is 9.10. The Balaban J connectivity index is 2.16. The first-order valence-electron chi connectivity index (χ1n) is 4.46. The van der Waals surface area contributed by atoms with Crippen LogP contribution in [0.1, 0.15) is 17.9 Å². The van der Waals surface area contributed by atoms with Gasteiger partial charge in [-0.2, -0.15) is 0 Å². The number of ether oxygens (including phenoxy) is 1. The predicted octanol–water partition coefficient (Wildman–Crippen LogP) is 0.545. The third-order valence-electron chi connectivity index (χ3n) is 2.23. The molecule has 4 nitrogen and oxygen atoms in total. The molecule has 0 aromatic carbocycles. The number of carbonyl (C=O) groups excluding carboxylic acids is 1. The first kappa shape index (κ1) is 8.44. The molecule has 1 aromatic heterocycles. The highest BCUT2D eigenvalue weighted by Gasteiger charge is 2.13. The minimum atomic E-state index is 0.575. The third-order valence-corrected chi connectivity index (χ3v) is 2.23. The Morgan fingerprint density at radius 1 is 1.69 bits per heavy atom. The average Bonchev–Trinajstić information content (AvgIpc) is 2.58. The lowest BCUT2D eigenvalue weighted by Crippen LogP contribution is -2.18. The number of carbonyl (C=O) groups is 1. The topological polar surface area (TPSA) is 44.1 Å². The number of hydrogen-bond acceptors (Lipinski definition) is 3. The van der Waals surface area contributed by atoms with Gasteiger partial charge in [0.25, 0.3) is 0 Å². The van der Waals surface area contributed by atoms with E-state index in [0.29, 0.717) is 13.0 Å². The van der Waals surface area contributed by atoms with Crippen molar-refractivity contribution >= 4 is 6.29 Å². The quantitative estimate of drug-likeness (QED) is 0.638. The summed E-state index contributed by atoms with van der Waals surface area (Å²) in [6, 6.07) is 0. The lowest BCUT2D eigenvalue weighted by Gasteiger charge is -2.16. The Bertz CT molecular complexity index is 307. The van der Waals surface area contributed by atoms with Crippen molar-refractivity contribution in [1.29, 1.82) is 0 Å². The number of aldehydes is 1. The molecule has 0 spiro atoms. The number of hydrogen-bond donors (Lipinski definition) is 0. The summed E-state index contributed by atoms with van der Waals surface area (Å²) in [7, 11) is 0. The van der Waals surface area contributed by atoms with Gasteiger partial charge >= 0.3 is 0 Å². The second kappa shape index (κ2) is 3.70. The van der Waals surface area contributed by atoms with Gasteiger partial charge in [0.15, 0.2) is 0 Å². The number of fused-ring (bicyclic) bond motifs is 1. The highest BCUT2D eigenvalue weighted by atomic mass is 16.5. The third kappa shape index (κ3) is 1.62. The van der Waals surface area contributed by atoms with Crippen LogP contribution in [0.4, 0.5) is 0 Å². The van der Waals surface area contributed by atoms with Crippen LogP contribution in [0.15, 0.2) is 6.20 Å². The molecule has 1 aliphatic heterocycles. The summed E-state index contributed by atoms with van der Waals surface area (Å²) < 4.78 is 7.41. The fourth-order valence-electron chi connectivity index (χ4n) is 1.57. The van der Waals surface area contributed by atoms with E-state index in [0.717, 1.165) is 37.4 Å². The molecule has 0 unspecified atom stereocenters. The molecular weight excluding hydrogens is 168 g/mol. The summed E-state index contributed by atoms with van der Waals surface area (Å²) in [5.74, 6) is 0.979. The summed E-state index contributed by atoms with van der Waals surface area (Å²) in [5, 5.41) is 0. The lowest BCUT2D eigenvalue weighted by atomic mass is 10.2. The molecule has 1 aromatic rings. The van der Waals surface area contributed by atoms with Gasteiger partial charge < -0.3 is 14.1 Å². The highest BCUT2D eigenvalue weighted by Crippen LogP contribution is 2.12. The van der Waals surface area contributed by atoms with Gasteiger partial charge in [-0.25, -0.2) is 4.98 Å². The molecule has 0 fully saturated rings. The second-order valence-corrected chi connectivity index (χ2v) is 3.08. The van der Waals surface area contributed by atoms with Gasteiger partial charge in [-0.15, -0.1) is 0 Å². The normalized spacial score (nSPS) is 15.4. The number of rotatable bonds is 3. The van der Waals surface area contributed by atoms with Gasteiger partial charge in [0.05, 0.1) is 6.61 Å². The number of aromatic nitrogens is 2. The molecule has 70 valence electrons. The first-order valence-corrected chi connectivity index (χ1v) is 4.46. The highest BCUT2D eigenvalue weighted by molar-refractivity contribution is 5.49. The first-order chi connectivity index (χ1) is 6.42. The van der Waals surface area contributed by atoms with E-state index in [9.17, 15) is 4.79 Å². The molecule has 4 heteroatoms. The van der Waals surface area contributed by atoms with Crippen molar-refractivity contribution < 1.29 is 9.53 Å². The summed E-state index contributed by atoms with van der Waals surface area (Å²) >= 11 is 0. The Labute approximate surface area is 76.5 Å². The fraction of sp³-hybridized carbons (Fsp3) is 0.556. The van der Waals surface area contributed by atoms with Crippen LogP contribution in [-0.4, -0.2) is 22.4 Å². The molecule has 2 rings (SSSR count). The van der Waals surface area contributed by atoms with Gasteiger partial charge in [0.1, 0.15) is 18.7 Å². The van der Waals surface area contributed by atoms with Crippen LogP contribution in [0, 0.1) is 0 Å². The van der Waals surface area contributed by atoms with Crippen LogP contribution in [-0.2, 0) is 29.1 Å². The molecule has 0 radical (unpaired) electrons. The van der Waals surface area contributed by atoms with E-state index in [-0.39, 0.29) is 0 Å². The zero-order valence-electron chi connectivity index (χ0n) is 7.40. The van der Waals surface area contributed by atoms with Crippen LogP contribution in [0.25, 0.3) is 0 Å². The van der Waals surface area contributed by atoms with Crippen molar-refractivity contribution in [2.75, 3.05) is 6.61 Å². The molecule has 0 bridgehead atoms. The molecule has 13 heavy (non-hydrogen) atoms. The van der Waals surface area contributed by atoms with Crippen molar-refractivity contribution in [3.8, 4) is 0 Å². The predicted molar refractivity (Wildman–Crippen MR) is 46.3 cm³/mol. The standard InChI is InChI=1S/C9H12N2O2/c12-4-1-2-8-6-10-9-7-13-5-3-11(8)9/h4,6H,1-3,5,7H2. The van der Waals surface area contributed by atoms with Crippen molar-refractivity contribution in [3.05, 3.63) is 17.7 Å². The van der Waals surface area contributed by atoms with Gasteiger partial charge in [0.2, 0.25) is 0 Å². The minimum absolute atomic E-state index is 0.575. The largest absolute Gasteiger partial charge is 0.372 e. The van der Waals surface area contributed by atoms with E-state index in [1.807, 2.05) is 6.20 Å². The number of aryl methyl sites for hydroxylation is 1. The van der Waals surface area contributed by atoms with Gasteiger partial charge in [-0.3, -0.25) is 0 Å². The average molecular weight is 180 g/mol. The minimum Gasteiger partial charge on any atom is -0.372 e. The number of nitrogens with zero attached hydrogens (tertiary/aromatic N) is 2. The number of imidazole rings is 1. The fourth-order valence-corrected chi connectivity index (χ4v) is 1.57. The maximum absolute atomic E-state index is 10.2. The summed E-state index contributed by atoms with van der Waals surface area (Å²) in [5.41, 5.74) is 1.14. The molecule has 1 aliphatic rings. The molecule has 0 amide bonds. The van der Waals surface area contributed by atoms with Gasteiger partial charge in [-0.1, -0.05) is 0 Å². The molecule has 0 aliphatic carbocycles. The molecule has 2 heterocycles. The Hall–Kier alpha value is -1.16. The van der Waals surface area contributed by atoms with Crippen molar-refractivity contribution in [3.63, 3.8) is 0 Å². The summed E-state index contributed by atoms with van der Waals surface area (Å²) in [4.78, 5) is 14.4. The Kier molecular flexibility index (Phi) is 2.40. The van der Waals surface area contributed by atoms with E-state index >= 15 is 0 Å². The Morgan fingerprint density at radius 2 is 2.62 bits per heavy atom. The van der Waals surface area contributed by atoms with Crippen LogP contribution < -0.4 is 0 Å². The Morgan fingerprint density at radius 3 is 3.46 bits per heavy atom. The molecule has 0 saturated carbocycles. The molecule has 0 saturated heterocycles. The maximum Gasteiger partial charge on any atom is 0.135 e. The molecular formula is C9H12N2O2. The monoisotopic (exact) mass is 180 g/mol. The van der Waals surface area contributed by atoms with Crippen LogP contribution in [0.3, 0.4) is 0 Å². The van der Waals surface area contributed by atoms with E-state index in [4.69, 9.17) is 4.74 Å². The van der Waals surface area contributed by atoms with E-state index in [1.54, 1.807) is 0 Å². The zero-order valence-corrected chi connectivity index (χ0v) is 7.40. The van der Waals surface area contributed by atoms with Crippen molar-refractivity contribution in [1.82, 2.24) is 9.55 Å². The van der Waals surface area contributed by atoms with Crippen LogP contribution in [0.2, 0.25) is 0 Å². The second-order valence-electron chi connectivity index (χ2n) is 3.08. The van der Waals surface area contributed by atoms with Crippen LogP contribution in [0.5, 0.6) is 0 Å². The van der Waals surface area contributed by atoms with E-state index in [2.05, 4.69) is 9.55 Å². The molecule has 0 N–H and O–H groups in total. The van der Waals surface area contributed by atoms with Gasteiger partial charge in [-0.05, 0) is 6.42 Å². The van der Waals surface area contributed by atoms with Crippen molar-refractivity contribution in [2.24, 2.45) is 0 Å².